The minimum atomic E-state index is -0.790. The number of nitrogens with zero attached hydrogens (tertiary/aromatic N) is 2. The van der Waals surface area contributed by atoms with Crippen molar-refractivity contribution in [2.45, 2.75) is 47.3 Å². The topological polar surface area (TPSA) is 70.1 Å². The van der Waals surface area contributed by atoms with Crippen molar-refractivity contribution >= 4 is 28.8 Å². The molecule has 0 aliphatic carbocycles. The lowest BCUT2D eigenvalue weighted by atomic mass is 9.94. The third kappa shape index (κ3) is 5.91. The Kier molecular flexibility index (Phi) is 8.67. The normalized spacial score (nSPS) is 16.0. The van der Waals surface area contributed by atoms with Crippen molar-refractivity contribution in [2.24, 2.45) is 0 Å². The highest BCUT2D eigenvalue weighted by Gasteiger charge is 2.47. The van der Waals surface area contributed by atoms with Gasteiger partial charge in [0, 0.05) is 30.0 Å². The van der Waals surface area contributed by atoms with Crippen LogP contribution in [0.1, 0.15) is 53.3 Å². The molecular formula is C37H38N2O4. The lowest BCUT2D eigenvalue weighted by Crippen LogP contribution is -2.30. The first-order valence-electron chi connectivity index (χ1n) is 14.7. The smallest absolute Gasteiger partial charge is 0.300 e. The quantitative estimate of drug-likeness (QED) is 0.126. The van der Waals surface area contributed by atoms with Gasteiger partial charge in [0.15, 0.2) is 0 Å². The summed E-state index contributed by atoms with van der Waals surface area (Å²) >= 11 is 0. The first kappa shape index (κ1) is 29.6. The summed E-state index contributed by atoms with van der Waals surface area (Å²) in [5, 5.41) is 11.7. The van der Waals surface area contributed by atoms with Crippen LogP contribution in [0.4, 0.5) is 11.4 Å². The number of hydrogen-bond donors (Lipinski definition) is 1. The second kappa shape index (κ2) is 12.6. The van der Waals surface area contributed by atoms with Crippen LogP contribution in [0.2, 0.25) is 0 Å². The predicted octanol–water partition coefficient (Wildman–Crippen LogP) is 7.66. The molecule has 43 heavy (non-hydrogen) atoms. The van der Waals surface area contributed by atoms with Gasteiger partial charge in [-0.15, -0.1) is 0 Å². The largest absolute Gasteiger partial charge is 0.507 e. The van der Waals surface area contributed by atoms with E-state index in [2.05, 4.69) is 18.7 Å². The minimum Gasteiger partial charge on any atom is -0.507 e. The van der Waals surface area contributed by atoms with Crippen molar-refractivity contribution < 1.29 is 19.4 Å². The Balaban J connectivity index is 1.58. The fraction of sp³-hybridized carbons (Fsp3) is 0.243. The summed E-state index contributed by atoms with van der Waals surface area (Å²) in [7, 11) is 0. The number of carbonyl (C=O) groups excluding carboxylic acids is 2. The molecule has 1 amide bonds. The summed E-state index contributed by atoms with van der Waals surface area (Å²) in [4.78, 5) is 31.1. The lowest BCUT2D eigenvalue weighted by Gasteiger charge is -2.28. The number of ether oxygens (including phenoxy) is 1. The molecule has 0 aromatic heterocycles. The lowest BCUT2D eigenvalue weighted by molar-refractivity contribution is -0.132. The van der Waals surface area contributed by atoms with E-state index in [1.54, 1.807) is 18.2 Å². The number of aliphatic hydroxyl groups excluding tert-OH is 1. The molecule has 1 heterocycles. The van der Waals surface area contributed by atoms with Crippen molar-refractivity contribution in [1.82, 2.24) is 0 Å². The molecule has 1 atom stereocenters. The minimum absolute atomic E-state index is 0.0675. The Bertz CT molecular complexity index is 1670. The van der Waals surface area contributed by atoms with Crippen LogP contribution in [-0.4, -0.2) is 29.9 Å². The number of carbonyl (C=O) groups is 2. The predicted molar refractivity (Wildman–Crippen MR) is 173 cm³/mol. The van der Waals surface area contributed by atoms with Gasteiger partial charge in [0.25, 0.3) is 11.7 Å². The van der Waals surface area contributed by atoms with E-state index in [9.17, 15) is 14.7 Å². The standard InChI is InChI=1S/C37H38N2O4/c1-6-38(7-2)30-17-14-28(15-18-30)34-33(36(41)37(42)39(34)31-19-13-24(3)21-25(31)4)35(40)29-16-20-32(26(5)22-29)43-23-27-11-9-8-10-12-27/h8-22,34,40H,6-7,23H2,1-5H3/b35-33+. The van der Waals surface area contributed by atoms with Gasteiger partial charge in [0.05, 0.1) is 11.6 Å². The van der Waals surface area contributed by atoms with Crippen molar-refractivity contribution in [3.63, 3.8) is 0 Å². The van der Waals surface area contributed by atoms with E-state index in [1.807, 2.05) is 93.6 Å². The highest BCUT2D eigenvalue weighted by atomic mass is 16.5. The van der Waals surface area contributed by atoms with Gasteiger partial charge in [0.2, 0.25) is 0 Å². The molecule has 0 saturated carbocycles. The van der Waals surface area contributed by atoms with E-state index in [1.165, 1.54) is 4.90 Å². The van der Waals surface area contributed by atoms with Crippen LogP contribution >= 0.6 is 0 Å². The number of benzene rings is 4. The molecule has 6 nitrogen and oxygen atoms in total. The van der Waals surface area contributed by atoms with Gasteiger partial charge in [-0.1, -0.05) is 60.2 Å². The van der Waals surface area contributed by atoms with Crippen LogP contribution in [0.3, 0.4) is 0 Å². The van der Waals surface area contributed by atoms with Crippen LogP contribution in [0.25, 0.3) is 5.76 Å². The average molecular weight is 575 g/mol. The number of aryl methyl sites for hydroxylation is 3. The Morgan fingerprint density at radius 1 is 0.837 bits per heavy atom. The van der Waals surface area contributed by atoms with E-state index in [-0.39, 0.29) is 11.3 Å². The molecule has 0 radical (unpaired) electrons. The zero-order valence-corrected chi connectivity index (χ0v) is 25.4. The molecule has 1 aliphatic heterocycles. The molecule has 1 unspecified atom stereocenters. The first-order chi connectivity index (χ1) is 20.7. The molecule has 6 heteroatoms. The summed E-state index contributed by atoms with van der Waals surface area (Å²) in [6.07, 6.45) is 0. The van der Waals surface area contributed by atoms with E-state index in [0.29, 0.717) is 23.6 Å². The monoisotopic (exact) mass is 574 g/mol. The highest BCUT2D eigenvalue weighted by molar-refractivity contribution is 6.51. The van der Waals surface area contributed by atoms with Crippen LogP contribution < -0.4 is 14.5 Å². The highest BCUT2D eigenvalue weighted by Crippen LogP contribution is 2.44. The third-order valence-corrected chi connectivity index (χ3v) is 8.08. The Morgan fingerprint density at radius 2 is 1.53 bits per heavy atom. The van der Waals surface area contributed by atoms with Gasteiger partial charge in [-0.25, -0.2) is 0 Å². The summed E-state index contributed by atoms with van der Waals surface area (Å²) < 4.78 is 6.03. The molecule has 5 rings (SSSR count). The summed E-state index contributed by atoms with van der Waals surface area (Å²) in [5.74, 6) is -0.899. The second-order valence-electron chi connectivity index (χ2n) is 11.0. The number of ketones is 1. The van der Waals surface area contributed by atoms with Crippen LogP contribution in [0.5, 0.6) is 5.75 Å². The Morgan fingerprint density at radius 3 is 2.16 bits per heavy atom. The summed E-state index contributed by atoms with van der Waals surface area (Å²) in [6, 6.07) is 28.1. The van der Waals surface area contributed by atoms with Crippen LogP contribution in [-0.2, 0) is 16.2 Å². The average Bonchev–Trinajstić information content (AvgIpc) is 3.27. The summed E-state index contributed by atoms with van der Waals surface area (Å²) in [6.45, 7) is 12.2. The maximum absolute atomic E-state index is 13.7. The fourth-order valence-electron chi connectivity index (χ4n) is 5.78. The number of amides is 1. The van der Waals surface area contributed by atoms with E-state index in [4.69, 9.17) is 4.74 Å². The zero-order chi connectivity index (χ0) is 30.7. The fourth-order valence-corrected chi connectivity index (χ4v) is 5.78. The molecule has 0 bridgehead atoms. The maximum atomic E-state index is 13.7. The molecule has 1 N–H and O–H groups in total. The number of Topliss-reactive ketones (excluding diaryl/α,β-unsaturated/α-hetero) is 1. The Labute approximate surface area is 253 Å². The number of anilines is 2. The third-order valence-electron chi connectivity index (χ3n) is 8.08. The SMILES string of the molecule is CCN(CC)c1ccc(C2/C(=C(\O)c3ccc(OCc4ccccc4)c(C)c3)C(=O)C(=O)N2c2ccc(C)cc2C)cc1. The second-order valence-corrected chi connectivity index (χ2v) is 11.0. The van der Waals surface area contributed by atoms with Gasteiger partial charge in [-0.3, -0.25) is 14.5 Å². The van der Waals surface area contributed by atoms with Gasteiger partial charge < -0.3 is 14.7 Å². The van der Waals surface area contributed by atoms with E-state index >= 15 is 0 Å². The van der Waals surface area contributed by atoms with Gasteiger partial charge >= 0.3 is 0 Å². The Hall–Kier alpha value is -4.84. The maximum Gasteiger partial charge on any atom is 0.300 e. The first-order valence-corrected chi connectivity index (χ1v) is 14.7. The summed E-state index contributed by atoms with van der Waals surface area (Å²) in [5.41, 5.74) is 6.76. The molecule has 1 fully saturated rings. The van der Waals surface area contributed by atoms with Gasteiger partial charge in [0.1, 0.15) is 18.1 Å². The van der Waals surface area contributed by atoms with E-state index in [0.717, 1.165) is 46.6 Å². The van der Waals surface area contributed by atoms with E-state index < -0.39 is 17.7 Å². The molecule has 4 aromatic carbocycles. The number of hydrogen-bond acceptors (Lipinski definition) is 5. The molecule has 0 spiro atoms. The van der Waals surface area contributed by atoms with Crippen molar-refractivity contribution in [3.8, 4) is 5.75 Å². The zero-order valence-electron chi connectivity index (χ0n) is 25.4. The molecule has 220 valence electrons. The number of rotatable bonds is 9. The van der Waals surface area contributed by atoms with Crippen molar-refractivity contribution in [1.29, 1.82) is 0 Å². The number of aliphatic hydroxyl groups is 1. The molecule has 1 saturated heterocycles. The molecular weight excluding hydrogens is 536 g/mol. The van der Waals surface area contributed by atoms with Crippen molar-refractivity contribution in [2.75, 3.05) is 22.9 Å². The van der Waals surface area contributed by atoms with Crippen LogP contribution in [0, 0.1) is 20.8 Å². The van der Waals surface area contributed by atoms with Gasteiger partial charge in [-0.05, 0) is 93.3 Å². The molecule has 4 aromatic rings. The van der Waals surface area contributed by atoms with Crippen LogP contribution in [0.15, 0.2) is 96.6 Å². The van der Waals surface area contributed by atoms with Crippen molar-refractivity contribution in [3.05, 3.63) is 130 Å². The molecule has 1 aliphatic rings. The van der Waals surface area contributed by atoms with Gasteiger partial charge in [-0.2, -0.15) is 0 Å².